The van der Waals surface area contributed by atoms with Crippen LogP contribution in [0.3, 0.4) is 0 Å². The molecule has 0 unspecified atom stereocenters. The van der Waals surface area contributed by atoms with Gasteiger partial charge in [-0.25, -0.2) is 4.98 Å². The standard InChI is InChI=1S/C19H19N3O4/c1-25-16-5-4-12(9-15(16)23)10-22-7-6-13-14(11-22)20-18(21-19(13)24)17-3-2-8-26-17/h2-5,8-9,23H,6-7,10-11H2,1H3,(H,20,21,24). The molecule has 3 heterocycles. The van der Waals surface area contributed by atoms with E-state index in [2.05, 4.69) is 14.9 Å². The molecule has 1 aliphatic rings. The van der Waals surface area contributed by atoms with E-state index in [4.69, 9.17) is 9.15 Å². The Morgan fingerprint density at radius 2 is 2.27 bits per heavy atom. The molecule has 0 saturated carbocycles. The summed E-state index contributed by atoms with van der Waals surface area (Å²) < 4.78 is 10.4. The number of H-pyrrole nitrogens is 1. The van der Waals surface area contributed by atoms with E-state index >= 15 is 0 Å². The molecule has 7 heteroatoms. The highest BCUT2D eigenvalue weighted by molar-refractivity contribution is 5.47. The SMILES string of the molecule is COc1ccc(CN2CCc3c(nc(-c4ccco4)[nH]c3=O)C2)cc1O. The van der Waals surface area contributed by atoms with Crippen molar-refractivity contribution in [2.45, 2.75) is 19.5 Å². The van der Waals surface area contributed by atoms with Crippen LogP contribution in [0.5, 0.6) is 11.5 Å². The van der Waals surface area contributed by atoms with Crippen LogP contribution >= 0.6 is 0 Å². The van der Waals surface area contributed by atoms with Gasteiger partial charge in [-0.2, -0.15) is 0 Å². The first-order valence-electron chi connectivity index (χ1n) is 8.38. The molecule has 0 radical (unpaired) electrons. The summed E-state index contributed by atoms with van der Waals surface area (Å²) in [6.07, 6.45) is 2.19. The van der Waals surface area contributed by atoms with E-state index in [9.17, 15) is 9.90 Å². The van der Waals surface area contributed by atoms with E-state index < -0.39 is 0 Å². The lowest BCUT2D eigenvalue weighted by molar-refractivity contribution is 0.240. The van der Waals surface area contributed by atoms with Crippen LogP contribution in [0.25, 0.3) is 11.6 Å². The zero-order valence-corrected chi connectivity index (χ0v) is 14.4. The topological polar surface area (TPSA) is 91.6 Å². The number of nitrogens with one attached hydrogen (secondary N) is 1. The summed E-state index contributed by atoms with van der Waals surface area (Å²) >= 11 is 0. The Kier molecular flexibility index (Phi) is 4.22. The van der Waals surface area contributed by atoms with Crippen LogP contribution in [-0.4, -0.2) is 33.6 Å². The number of methoxy groups -OCH3 is 1. The van der Waals surface area contributed by atoms with Crippen LogP contribution in [0.1, 0.15) is 16.8 Å². The Labute approximate surface area is 149 Å². The summed E-state index contributed by atoms with van der Waals surface area (Å²) in [5.41, 5.74) is 2.37. The highest BCUT2D eigenvalue weighted by atomic mass is 16.5. The molecule has 0 aliphatic carbocycles. The molecule has 0 fully saturated rings. The molecule has 134 valence electrons. The molecule has 3 aromatic rings. The lowest BCUT2D eigenvalue weighted by Crippen LogP contribution is -2.35. The molecule has 0 bridgehead atoms. The molecule has 2 N–H and O–H groups in total. The fourth-order valence-corrected chi connectivity index (χ4v) is 3.25. The average molecular weight is 353 g/mol. The third kappa shape index (κ3) is 3.09. The summed E-state index contributed by atoms with van der Waals surface area (Å²) in [6, 6.07) is 8.91. The smallest absolute Gasteiger partial charge is 0.254 e. The molecule has 0 spiro atoms. The molecular weight excluding hydrogens is 334 g/mol. The Morgan fingerprint density at radius 3 is 3.00 bits per heavy atom. The fraction of sp³-hybridized carbons (Fsp3) is 0.263. The van der Waals surface area contributed by atoms with Gasteiger partial charge in [0.2, 0.25) is 0 Å². The first-order valence-corrected chi connectivity index (χ1v) is 8.38. The van der Waals surface area contributed by atoms with Crippen molar-refractivity contribution in [3.63, 3.8) is 0 Å². The molecule has 26 heavy (non-hydrogen) atoms. The van der Waals surface area contributed by atoms with Gasteiger partial charge in [-0.3, -0.25) is 9.69 Å². The summed E-state index contributed by atoms with van der Waals surface area (Å²) in [4.78, 5) is 21.9. The number of fused-ring (bicyclic) bond motifs is 1. The minimum atomic E-state index is -0.108. The molecule has 0 amide bonds. The van der Waals surface area contributed by atoms with E-state index in [1.54, 1.807) is 30.5 Å². The first-order chi connectivity index (χ1) is 12.6. The van der Waals surface area contributed by atoms with E-state index in [0.29, 0.717) is 36.8 Å². The largest absolute Gasteiger partial charge is 0.504 e. The maximum atomic E-state index is 12.4. The lowest BCUT2D eigenvalue weighted by Gasteiger charge is -2.27. The third-order valence-electron chi connectivity index (χ3n) is 4.56. The van der Waals surface area contributed by atoms with E-state index in [-0.39, 0.29) is 11.3 Å². The molecule has 2 aromatic heterocycles. The van der Waals surface area contributed by atoms with Crippen LogP contribution < -0.4 is 10.3 Å². The van der Waals surface area contributed by atoms with Gasteiger partial charge in [0.1, 0.15) is 0 Å². The van der Waals surface area contributed by atoms with Crippen molar-refractivity contribution >= 4 is 0 Å². The number of nitrogens with zero attached hydrogens (tertiary/aromatic N) is 2. The predicted molar refractivity (Wildman–Crippen MR) is 95.0 cm³/mol. The average Bonchev–Trinajstić information content (AvgIpc) is 3.16. The van der Waals surface area contributed by atoms with Gasteiger partial charge in [0, 0.05) is 25.2 Å². The zero-order chi connectivity index (χ0) is 18.1. The summed E-state index contributed by atoms with van der Waals surface area (Å²) in [7, 11) is 1.52. The number of ether oxygens (including phenoxy) is 1. The number of aromatic amines is 1. The number of phenols is 1. The zero-order valence-electron chi connectivity index (χ0n) is 14.4. The van der Waals surface area contributed by atoms with Crippen LogP contribution in [-0.2, 0) is 19.5 Å². The van der Waals surface area contributed by atoms with Gasteiger partial charge in [-0.15, -0.1) is 0 Å². The number of hydrogen-bond acceptors (Lipinski definition) is 6. The number of hydrogen-bond donors (Lipinski definition) is 2. The van der Waals surface area contributed by atoms with Gasteiger partial charge < -0.3 is 19.2 Å². The van der Waals surface area contributed by atoms with Crippen molar-refractivity contribution in [1.29, 1.82) is 0 Å². The van der Waals surface area contributed by atoms with Crippen molar-refractivity contribution in [2.24, 2.45) is 0 Å². The van der Waals surface area contributed by atoms with Crippen molar-refractivity contribution in [2.75, 3.05) is 13.7 Å². The normalized spacial score (nSPS) is 14.2. The van der Waals surface area contributed by atoms with Crippen LogP contribution in [0.2, 0.25) is 0 Å². The number of aromatic hydroxyl groups is 1. The molecule has 4 rings (SSSR count). The van der Waals surface area contributed by atoms with Gasteiger partial charge in [0.15, 0.2) is 23.1 Å². The lowest BCUT2D eigenvalue weighted by atomic mass is 10.1. The summed E-state index contributed by atoms with van der Waals surface area (Å²) in [5, 5.41) is 9.95. The molecule has 0 atom stereocenters. The second kappa shape index (κ2) is 6.68. The molecule has 0 saturated heterocycles. The summed E-state index contributed by atoms with van der Waals surface area (Å²) in [6.45, 7) is 1.98. The third-order valence-corrected chi connectivity index (χ3v) is 4.56. The second-order valence-electron chi connectivity index (χ2n) is 6.28. The maximum Gasteiger partial charge on any atom is 0.254 e. The van der Waals surface area contributed by atoms with Crippen molar-refractivity contribution < 1.29 is 14.3 Å². The van der Waals surface area contributed by atoms with Gasteiger partial charge in [0.05, 0.1) is 19.1 Å². The van der Waals surface area contributed by atoms with E-state index in [1.165, 1.54) is 7.11 Å². The number of benzene rings is 1. The van der Waals surface area contributed by atoms with Gasteiger partial charge in [-0.05, 0) is 36.2 Å². The monoisotopic (exact) mass is 353 g/mol. The molecule has 1 aliphatic heterocycles. The minimum absolute atomic E-state index is 0.108. The molecule has 7 nitrogen and oxygen atoms in total. The Hall–Kier alpha value is -3.06. The molecule has 1 aromatic carbocycles. The predicted octanol–water partition coefficient (Wildman–Crippen LogP) is 2.30. The maximum absolute atomic E-state index is 12.4. The van der Waals surface area contributed by atoms with E-state index in [1.807, 2.05) is 6.07 Å². The number of furan rings is 1. The van der Waals surface area contributed by atoms with Gasteiger partial charge in [-0.1, -0.05) is 6.07 Å². The van der Waals surface area contributed by atoms with Crippen LogP contribution in [0.4, 0.5) is 0 Å². The number of rotatable bonds is 4. The highest BCUT2D eigenvalue weighted by Gasteiger charge is 2.22. The van der Waals surface area contributed by atoms with Gasteiger partial charge in [0.25, 0.3) is 5.56 Å². The van der Waals surface area contributed by atoms with Crippen LogP contribution in [0, 0.1) is 0 Å². The fourth-order valence-electron chi connectivity index (χ4n) is 3.25. The number of aromatic nitrogens is 2. The van der Waals surface area contributed by atoms with E-state index in [0.717, 1.165) is 23.4 Å². The second-order valence-corrected chi connectivity index (χ2v) is 6.28. The van der Waals surface area contributed by atoms with Gasteiger partial charge >= 0.3 is 0 Å². The minimum Gasteiger partial charge on any atom is -0.504 e. The Bertz CT molecular complexity index is 979. The Balaban J connectivity index is 1.57. The molecular formula is C19H19N3O4. The quantitative estimate of drug-likeness (QED) is 0.748. The van der Waals surface area contributed by atoms with Crippen molar-refractivity contribution in [1.82, 2.24) is 14.9 Å². The van der Waals surface area contributed by atoms with Crippen molar-refractivity contribution in [3.8, 4) is 23.1 Å². The number of phenolic OH excluding ortho intramolecular Hbond substituents is 1. The Morgan fingerprint density at radius 1 is 1.38 bits per heavy atom. The van der Waals surface area contributed by atoms with Crippen LogP contribution in [0.15, 0.2) is 45.8 Å². The summed E-state index contributed by atoms with van der Waals surface area (Å²) in [5.74, 6) is 1.57. The first kappa shape index (κ1) is 16.4. The van der Waals surface area contributed by atoms with Crippen molar-refractivity contribution in [3.05, 3.63) is 63.8 Å². The highest BCUT2D eigenvalue weighted by Crippen LogP contribution is 2.27.